The fraction of sp³-hybridized carbons (Fsp3) is 0.542. The van der Waals surface area contributed by atoms with Crippen LogP contribution in [-0.4, -0.2) is 52.9 Å². The molecule has 2 atom stereocenters. The van der Waals surface area contributed by atoms with Gasteiger partial charge in [-0.25, -0.2) is 4.79 Å². The summed E-state index contributed by atoms with van der Waals surface area (Å²) in [6.07, 6.45) is 3.47. The zero-order chi connectivity index (χ0) is 23.4. The number of aryl methyl sites for hydroxylation is 1. The Bertz CT molecular complexity index is 961. The number of aromatic nitrogens is 1. The number of piperidine rings is 1. The lowest BCUT2D eigenvalue weighted by Crippen LogP contribution is -2.47. The van der Waals surface area contributed by atoms with Gasteiger partial charge < -0.3 is 24.4 Å². The molecule has 3 heterocycles. The van der Waals surface area contributed by atoms with Crippen molar-refractivity contribution in [2.75, 3.05) is 13.1 Å². The number of likely N-dealkylation sites (tertiary alicyclic amines) is 1. The maximum Gasteiger partial charge on any atom is 0.340 e. The molecular formula is C24H33N3O5. The monoisotopic (exact) mass is 443 g/mol. The second kappa shape index (κ2) is 10.1. The van der Waals surface area contributed by atoms with E-state index in [1.807, 2.05) is 19.1 Å². The van der Waals surface area contributed by atoms with E-state index in [9.17, 15) is 14.4 Å². The van der Waals surface area contributed by atoms with Crippen LogP contribution < -0.4 is 5.32 Å². The molecule has 2 aromatic heterocycles. The lowest BCUT2D eigenvalue weighted by Gasteiger charge is -2.32. The summed E-state index contributed by atoms with van der Waals surface area (Å²) < 4.78 is 10.7. The van der Waals surface area contributed by atoms with Gasteiger partial charge in [0.05, 0.1) is 23.8 Å². The van der Waals surface area contributed by atoms with Crippen LogP contribution in [0, 0.1) is 19.8 Å². The van der Waals surface area contributed by atoms with Crippen LogP contribution in [0.5, 0.6) is 0 Å². The number of nitrogens with zero attached hydrogens (tertiary/aromatic N) is 1. The smallest absolute Gasteiger partial charge is 0.340 e. The molecule has 1 fully saturated rings. The van der Waals surface area contributed by atoms with E-state index in [0.29, 0.717) is 42.0 Å². The Morgan fingerprint density at radius 1 is 1.28 bits per heavy atom. The number of H-pyrrole nitrogens is 1. The van der Waals surface area contributed by atoms with Crippen molar-refractivity contribution in [2.45, 2.75) is 66.0 Å². The number of carbonyl (C=O) groups excluding carboxylic acids is 3. The number of hydrogen-bond acceptors (Lipinski definition) is 5. The van der Waals surface area contributed by atoms with Crippen molar-refractivity contribution < 1.29 is 23.5 Å². The van der Waals surface area contributed by atoms with E-state index in [4.69, 9.17) is 9.15 Å². The van der Waals surface area contributed by atoms with Gasteiger partial charge >= 0.3 is 5.97 Å². The number of carbonyl (C=O) groups is 3. The molecule has 0 bridgehead atoms. The Morgan fingerprint density at radius 3 is 2.69 bits per heavy atom. The molecule has 32 heavy (non-hydrogen) atoms. The number of esters is 1. The first-order chi connectivity index (χ1) is 15.2. The molecule has 1 aliphatic heterocycles. The first-order valence-corrected chi connectivity index (χ1v) is 11.2. The molecule has 3 rings (SSSR count). The number of furan rings is 1. The van der Waals surface area contributed by atoms with E-state index in [2.05, 4.69) is 10.3 Å². The number of rotatable bonds is 7. The summed E-state index contributed by atoms with van der Waals surface area (Å²) in [4.78, 5) is 43.2. The average Bonchev–Trinajstić information content (AvgIpc) is 3.34. The third-order valence-corrected chi connectivity index (χ3v) is 5.75. The van der Waals surface area contributed by atoms with Crippen molar-refractivity contribution in [1.82, 2.24) is 15.2 Å². The number of ether oxygens (including phenoxy) is 1. The summed E-state index contributed by atoms with van der Waals surface area (Å²) in [6.45, 7) is 9.95. The molecule has 2 amide bonds. The van der Waals surface area contributed by atoms with Gasteiger partial charge in [0.2, 0.25) is 5.91 Å². The van der Waals surface area contributed by atoms with Crippen molar-refractivity contribution in [3.05, 3.63) is 46.7 Å². The second-order valence-electron chi connectivity index (χ2n) is 8.86. The highest BCUT2D eigenvalue weighted by molar-refractivity contribution is 6.00. The van der Waals surface area contributed by atoms with E-state index < -0.39 is 5.97 Å². The molecule has 0 aliphatic carbocycles. The maximum absolute atomic E-state index is 13.2. The highest BCUT2D eigenvalue weighted by Gasteiger charge is 2.32. The minimum Gasteiger partial charge on any atom is -0.469 e. The van der Waals surface area contributed by atoms with Crippen molar-refractivity contribution in [1.29, 1.82) is 0 Å². The average molecular weight is 444 g/mol. The van der Waals surface area contributed by atoms with E-state index in [-0.39, 0.29) is 29.9 Å². The van der Waals surface area contributed by atoms with Gasteiger partial charge in [-0.15, -0.1) is 0 Å². The third-order valence-electron chi connectivity index (χ3n) is 5.75. The molecule has 1 aliphatic rings. The van der Waals surface area contributed by atoms with Gasteiger partial charge in [0, 0.05) is 31.2 Å². The molecule has 2 N–H and O–H groups in total. The molecule has 174 valence electrons. The quantitative estimate of drug-likeness (QED) is 0.638. The Morgan fingerprint density at radius 2 is 2.03 bits per heavy atom. The number of aromatic amines is 1. The molecule has 8 nitrogen and oxygen atoms in total. The van der Waals surface area contributed by atoms with Crippen LogP contribution in [0.4, 0.5) is 0 Å². The standard InChI is InChI=1S/C24H33N3O5/c1-14(2)32-24(30)20-16(4)21(26-17(20)5)23(29)27-10-6-8-18(13-27)22(28)25-15(3)12-19-9-7-11-31-19/h7,9,11,14-15,18,26H,6,8,10,12-13H2,1-5H3,(H,25,28). The van der Waals surface area contributed by atoms with Gasteiger partial charge in [-0.1, -0.05) is 0 Å². The molecule has 8 heteroatoms. The fourth-order valence-corrected chi connectivity index (χ4v) is 4.22. The highest BCUT2D eigenvalue weighted by atomic mass is 16.5. The lowest BCUT2D eigenvalue weighted by atomic mass is 9.96. The normalized spacial score (nSPS) is 17.3. The van der Waals surface area contributed by atoms with E-state index >= 15 is 0 Å². The Labute approximate surface area is 188 Å². The number of hydrogen-bond donors (Lipinski definition) is 2. The van der Waals surface area contributed by atoms with Gasteiger partial charge in [-0.3, -0.25) is 9.59 Å². The van der Waals surface area contributed by atoms with Crippen LogP contribution >= 0.6 is 0 Å². The predicted molar refractivity (Wildman–Crippen MR) is 119 cm³/mol. The molecule has 2 aromatic rings. The van der Waals surface area contributed by atoms with Crippen molar-refractivity contribution in [2.24, 2.45) is 5.92 Å². The molecule has 1 saturated heterocycles. The van der Waals surface area contributed by atoms with Crippen LogP contribution in [0.25, 0.3) is 0 Å². The summed E-state index contributed by atoms with van der Waals surface area (Å²) in [5.41, 5.74) is 1.97. The van der Waals surface area contributed by atoms with Crippen LogP contribution in [0.1, 0.15) is 71.5 Å². The zero-order valence-electron chi connectivity index (χ0n) is 19.5. The summed E-state index contributed by atoms with van der Waals surface area (Å²) in [5, 5.41) is 3.04. The second-order valence-corrected chi connectivity index (χ2v) is 8.86. The molecule has 0 radical (unpaired) electrons. The lowest BCUT2D eigenvalue weighted by molar-refractivity contribution is -0.126. The van der Waals surface area contributed by atoms with Gasteiger partial charge in [0.25, 0.3) is 5.91 Å². The zero-order valence-corrected chi connectivity index (χ0v) is 19.5. The molecular weight excluding hydrogens is 410 g/mol. The highest BCUT2D eigenvalue weighted by Crippen LogP contribution is 2.24. The topological polar surface area (TPSA) is 105 Å². The third kappa shape index (κ3) is 5.41. The number of nitrogens with one attached hydrogen (secondary N) is 2. The van der Waals surface area contributed by atoms with Crippen molar-refractivity contribution in [3.8, 4) is 0 Å². The molecule has 0 saturated carbocycles. The molecule has 0 spiro atoms. The minimum atomic E-state index is -0.438. The van der Waals surface area contributed by atoms with Crippen molar-refractivity contribution >= 4 is 17.8 Å². The summed E-state index contributed by atoms with van der Waals surface area (Å²) in [5.74, 6) is -0.139. The Kier molecular flexibility index (Phi) is 7.43. The summed E-state index contributed by atoms with van der Waals surface area (Å²) >= 11 is 0. The molecule has 2 unspecified atom stereocenters. The largest absolute Gasteiger partial charge is 0.469 e. The van der Waals surface area contributed by atoms with Crippen molar-refractivity contribution in [3.63, 3.8) is 0 Å². The first kappa shape index (κ1) is 23.6. The van der Waals surface area contributed by atoms with Crippen LogP contribution in [-0.2, 0) is 16.0 Å². The van der Waals surface area contributed by atoms with Gasteiger partial charge in [-0.2, -0.15) is 0 Å². The Balaban J connectivity index is 1.65. The van der Waals surface area contributed by atoms with Gasteiger partial charge in [0.15, 0.2) is 0 Å². The van der Waals surface area contributed by atoms with Crippen LogP contribution in [0.3, 0.4) is 0 Å². The van der Waals surface area contributed by atoms with E-state index in [0.717, 1.165) is 18.6 Å². The number of amides is 2. The summed E-state index contributed by atoms with van der Waals surface area (Å²) in [6, 6.07) is 3.64. The van der Waals surface area contributed by atoms with E-state index in [1.165, 1.54) is 0 Å². The van der Waals surface area contributed by atoms with Gasteiger partial charge in [0.1, 0.15) is 11.5 Å². The maximum atomic E-state index is 13.2. The van der Waals surface area contributed by atoms with Crippen LogP contribution in [0.15, 0.2) is 22.8 Å². The predicted octanol–water partition coefficient (Wildman–Crippen LogP) is 3.39. The first-order valence-electron chi connectivity index (χ1n) is 11.2. The Hall–Kier alpha value is -3.03. The summed E-state index contributed by atoms with van der Waals surface area (Å²) in [7, 11) is 0. The van der Waals surface area contributed by atoms with E-state index in [1.54, 1.807) is 38.9 Å². The molecule has 0 aromatic carbocycles. The fourth-order valence-electron chi connectivity index (χ4n) is 4.22. The van der Waals surface area contributed by atoms with Gasteiger partial charge in [-0.05, 0) is 65.2 Å². The minimum absolute atomic E-state index is 0.0536. The SMILES string of the molecule is Cc1[nH]c(C(=O)N2CCCC(C(=O)NC(C)Cc3ccco3)C2)c(C)c1C(=O)OC(C)C. The van der Waals surface area contributed by atoms with Crippen LogP contribution in [0.2, 0.25) is 0 Å².